The Labute approximate surface area is 182 Å². The highest BCUT2D eigenvalue weighted by molar-refractivity contribution is 7.92. The van der Waals surface area contributed by atoms with Crippen molar-refractivity contribution >= 4 is 44.6 Å². The molecule has 4 rings (SSSR count). The number of aromatic nitrogens is 4. The molecule has 8 nitrogen and oxygen atoms in total. The monoisotopic (exact) mass is 491 g/mol. The average molecular weight is 492 g/mol. The van der Waals surface area contributed by atoms with Crippen LogP contribution in [0.3, 0.4) is 0 Å². The number of alkyl halides is 3. The van der Waals surface area contributed by atoms with Gasteiger partial charge in [0.1, 0.15) is 5.69 Å². The van der Waals surface area contributed by atoms with Crippen LogP contribution in [0.25, 0.3) is 28.6 Å². The maximum Gasteiger partial charge on any atom is 0.417 e. The van der Waals surface area contributed by atoms with Crippen molar-refractivity contribution in [3.05, 3.63) is 52.3 Å². The lowest BCUT2D eigenvalue weighted by Gasteiger charge is -2.07. The first-order valence-electron chi connectivity index (χ1n) is 8.28. The predicted octanol–water partition coefficient (Wildman–Crippen LogP) is 4.75. The van der Waals surface area contributed by atoms with E-state index in [4.69, 9.17) is 27.7 Å². The van der Waals surface area contributed by atoms with Gasteiger partial charge in [-0.2, -0.15) is 18.2 Å². The molecule has 0 bridgehead atoms. The highest BCUT2D eigenvalue weighted by Crippen LogP contribution is 2.34. The summed E-state index contributed by atoms with van der Waals surface area (Å²) >= 11 is 12.1. The molecule has 162 valence electrons. The number of nitrogens with zero attached hydrogens (tertiary/aromatic N) is 4. The zero-order valence-electron chi connectivity index (χ0n) is 15.3. The minimum absolute atomic E-state index is 0.0715. The number of sulfonamides is 1. The van der Waals surface area contributed by atoms with Crippen molar-refractivity contribution in [1.29, 1.82) is 0 Å². The summed E-state index contributed by atoms with van der Waals surface area (Å²) in [5.41, 5.74) is -0.160. The summed E-state index contributed by atoms with van der Waals surface area (Å²) in [6.45, 7) is 0. The number of imidazole rings is 1. The van der Waals surface area contributed by atoms with Gasteiger partial charge in [-0.25, -0.2) is 13.4 Å². The number of fused-ring (bicyclic) bond motifs is 1. The summed E-state index contributed by atoms with van der Waals surface area (Å²) in [6, 6.07) is 5.10. The van der Waals surface area contributed by atoms with E-state index in [1.54, 1.807) is 0 Å². The molecular formula is C17H10Cl2F3N5O3S. The number of rotatable bonds is 4. The molecule has 0 aliphatic carbocycles. The van der Waals surface area contributed by atoms with E-state index in [0.29, 0.717) is 5.56 Å². The number of hydrogen-bond acceptors (Lipinski definition) is 6. The summed E-state index contributed by atoms with van der Waals surface area (Å²) in [7, 11) is -3.48. The second-order valence-corrected chi connectivity index (χ2v) is 8.99. The Bertz CT molecular complexity index is 1420. The van der Waals surface area contributed by atoms with Gasteiger partial charge in [-0.3, -0.25) is 4.72 Å². The Morgan fingerprint density at radius 1 is 1.10 bits per heavy atom. The van der Waals surface area contributed by atoms with E-state index >= 15 is 0 Å². The quantitative estimate of drug-likeness (QED) is 0.441. The lowest BCUT2D eigenvalue weighted by molar-refractivity contribution is -0.137. The average Bonchev–Trinajstić information content (AvgIpc) is 3.26. The van der Waals surface area contributed by atoms with Crippen molar-refractivity contribution in [1.82, 2.24) is 19.5 Å². The van der Waals surface area contributed by atoms with E-state index in [0.717, 1.165) is 22.9 Å². The van der Waals surface area contributed by atoms with Crippen LogP contribution in [0, 0.1) is 0 Å². The molecule has 0 atom stereocenters. The van der Waals surface area contributed by atoms with Crippen molar-refractivity contribution in [2.45, 2.75) is 6.18 Å². The van der Waals surface area contributed by atoms with Crippen LogP contribution in [0.1, 0.15) is 5.56 Å². The Balaban J connectivity index is 1.69. The maximum absolute atomic E-state index is 13.0. The van der Waals surface area contributed by atoms with E-state index in [-0.39, 0.29) is 38.8 Å². The van der Waals surface area contributed by atoms with Gasteiger partial charge in [0, 0.05) is 23.6 Å². The Morgan fingerprint density at radius 2 is 1.84 bits per heavy atom. The molecule has 3 aromatic heterocycles. The molecule has 0 aliphatic heterocycles. The van der Waals surface area contributed by atoms with Crippen molar-refractivity contribution in [2.24, 2.45) is 0 Å². The van der Waals surface area contributed by atoms with Crippen LogP contribution in [0.4, 0.5) is 18.9 Å². The van der Waals surface area contributed by atoms with E-state index in [2.05, 4.69) is 19.8 Å². The normalized spacial score (nSPS) is 12.5. The van der Waals surface area contributed by atoms with Gasteiger partial charge < -0.3 is 8.92 Å². The van der Waals surface area contributed by atoms with E-state index in [1.165, 1.54) is 24.4 Å². The topological polar surface area (TPSA) is 102 Å². The smallest absolute Gasteiger partial charge is 0.332 e. The van der Waals surface area contributed by atoms with E-state index in [9.17, 15) is 21.6 Å². The summed E-state index contributed by atoms with van der Waals surface area (Å²) in [5.74, 6) is 0.00256. The summed E-state index contributed by atoms with van der Waals surface area (Å²) in [6.07, 6.45) is -1.46. The maximum atomic E-state index is 13.0. The number of benzene rings is 1. The molecule has 0 saturated heterocycles. The number of halogens is 5. The molecule has 0 saturated carbocycles. The third-order valence-corrected chi connectivity index (χ3v) is 5.19. The first kappa shape index (κ1) is 21.4. The molecule has 31 heavy (non-hydrogen) atoms. The van der Waals surface area contributed by atoms with Crippen LogP contribution in [-0.4, -0.2) is 34.2 Å². The van der Waals surface area contributed by atoms with E-state index in [1.807, 2.05) is 0 Å². The van der Waals surface area contributed by atoms with Crippen LogP contribution in [0.2, 0.25) is 10.0 Å². The first-order valence-corrected chi connectivity index (χ1v) is 10.9. The van der Waals surface area contributed by atoms with Crippen molar-refractivity contribution < 1.29 is 26.1 Å². The number of nitrogens with one attached hydrogen (secondary N) is 1. The predicted molar refractivity (Wildman–Crippen MR) is 107 cm³/mol. The summed E-state index contributed by atoms with van der Waals surface area (Å²) in [5, 5.41) is 3.76. The van der Waals surface area contributed by atoms with Crippen LogP contribution in [0.5, 0.6) is 0 Å². The van der Waals surface area contributed by atoms with Gasteiger partial charge in [0.25, 0.3) is 5.89 Å². The zero-order valence-corrected chi connectivity index (χ0v) is 17.6. The third-order valence-electron chi connectivity index (χ3n) is 3.99. The van der Waals surface area contributed by atoms with Gasteiger partial charge in [0.15, 0.2) is 5.65 Å². The fraction of sp³-hybridized carbons (Fsp3) is 0.118. The minimum Gasteiger partial charge on any atom is -0.332 e. The van der Waals surface area contributed by atoms with Gasteiger partial charge in [0.05, 0.1) is 21.9 Å². The van der Waals surface area contributed by atoms with Crippen molar-refractivity contribution in [3.63, 3.8) is 0 Å². The summed E-state index contributed by atoms with van der Waals surface area (Å²) < 4.78 is 70.2. The van der Waals surface area contributed by atoms with Crippen LogP contribution >= 0.6 is 23.2 Å². The summed E-state index contributed by atoms with van der Waals surface area (Å²) in [4.78, 5) is 8.32. The van der Waals surface area contributed by atoms with Gasteiger partial charge in [-0.1, -0.05) is 28.4 Å². The van der Waals surface area contributed by atoms with E-state index < -0.39 is 21.8 Å². The zero-order chi connectivity index (χ0) is 22.6. The molecule has 0 spiro atoms. The molecule has 1 N–H and O–H groups in total. The minimum atomic E-state index is -4.57. The molecule has 0 aliphatic rings. The number of anilines is 1. The van der Waals surface area contributed by atoms with Crippen molar-refractivity contribution in [2.75, 3.05) is 11.0 Å². The SMILES string of the molecule is CS(=O)(=O)Nc1ccc(-c2noc(-c3cn4cc(C(F)(F)F)cc(Cl)c4n3)n2)c(Cl)c1. The van der Waals surface area contributed by atoms with Gasteiger partial charge in [-0.05, 0) is 24.3 Å². The molecule has 4 aromatic rings. The van der Waals surface area contributed by atoms with Gasteiger partial charge in [-0.15, -0.1) is 0 Å². The lowest BCUT2D eigenvalue weighted by Crippen LogP contribution is -2.09. The Morgan fingerprint density at radius 3 is 2.48 bits per heavy atom. The Kier molecular flexibility index (Phi) is 5.10. The molecule has 0 unspecified atom stereocenters. The molecule has 0 fully saturated rings. The molecule has 14 heteroatoms. The van der Waals surface area contributed by atoms with Crippen LogP contribution in [-0.2, 0) is 16.2 Å². The second-order valence-electron chi connectivity index (χ2n) is 6.42. The largest absolute Gasteiger partial charge is 0.417 e. The lowest BCUT2D eigenvalue weighted by atomic mass is 10.2. The van der Waals surface area contributed by atoms with Gasteiger partial charge >= 0.3 is 6.18 Å². The Hall–Kier alpha value is -2.83. The van der Waals surface area contributed by atoms with Crippen molar-refractivity contribution in [3.8, 4) is 23.0 Å². The van der Waals surface area contributed by atoms with Crippen LogP contribution < -0.4 is 4.72 Å². The fourth-order valence-corrected chi connectivity index (χ4v) is 3.80. The fourth-order valence-electron chi connectivity index (χ4n) is 2.73. The molecule has 0 amide bonds. The highest BCUT2D eigenvalue weighted by Gasteiger charge is 2.32. The molecule has 1 aromatic carbocycles. The van der Waals surface area contributed by atoms with Crippen LogP contribution in [0.15, 0.2) is 41.2 Å². The third kappa shape index (κ3) is 4.45. The molecular weight excluding hydrogens is 482 g/mol. The van der Waals surface area contributed by atoms with Gasteiger partial charge in [0.2, 0.25) is 15.8 Å². The second kappa shape index (κ2) is 7.39. The standard InChI is InChI=1S/C17H10Cl2F3N5O3S/c1-31(28,29)26-9-2-3-10(11(18)5-9)14-24-16(30-25-14)13-7-27-6-8(17(20,21)22)4-12(19)15(27)23-13/h2-7,26H,1H3. The molecule has 0 radical (unpaired) electrons. The number of pyridine rings is 1. The first-order chi connectivity index (χ1) is 14.4. The molecule has 3 heterocycles. The number of hydrogen-bond donors (Lipinski definition) is 1. The highest BCUT2D eigenvalue weighted by atomic mass is 35.5.